The van der Waals surface area contributed by atoms with Crippen LogP contribution in [0.25, 0.3) is 10.6 Å². The molecule has 0 aliphatic carbocycles. The molecule has 0 saturated carbocycles. The smallest absolute Gasteiger partial charge is 0.267 e. The van der Waals surface area contributed by atoms with E-state index in [1.54, 1.807) is 26.0 Å². The van der Waals surface area contributed by atoms with Crippen molar-refractivity contribution in [3.63, 3.8) is 0 Å². The number of thiophene rings is 1. The lowest BCUT2D eigenvalue weighted by Gasteiger charge is -2.25. The fourth-order valence-electron chi connectivity index (χ4n) is 2.31. The molecule has 2 heterocycles. The summed E-state index contributed by atoms with van der Waals surface area (Å²) in [4.78, 5) is 25.8. The Labute approximate surface area is 147 Å². The molecule has 128 valence electrons. The number of rotatable bonds is 4. The number of hydrogen-bond donors (Lipinski definition) is 1. The van der Waals surface area contributed by atoms with Gasteiger partial charge in [0.1, 0.15) is 17.1 Å². The van der Waals surface area contributed by atoms with E-state index in [1.165, 1.54) is 35.6 Å². The van der Waals surface area contributed by atoms with Crippen LogP contribution in [0.2, 0.25) is 0 Å². The van der Waals surface area contributed by atoms with Crippen molar-refractivity contribution >= 4 is 22.9 Å². The van der Waals surface area contributed by atoms with Gasteiger partial charge in [0.05, 0.1) is 4.88 Å². The van der Waals surface area contributed by atoms with Crippen LogP contribution in [0.1, 0.15) is 13.8 Å². The number of aromatic nitrogens is 2. The topological polar surface area (TPSA) is 64.0 Å². The van der Waals surface area contributed by atoms with Crippen LogP contribution < -0.4 is 10.9 Å². The standard InChI is InChI=1S/C18H16FN3O2S/c1-18(2,17(24)20-13-6-3-5-12(19)11-13)22-16(23)9-8-14(21-22)15-7-4-10-25-15/h3-11H,1-2H3,(H,20,24). The quantitative estimate of drug-likeness (QED) is 0.777. The van der Waals surface area contributed by atoms with Crippen LogP contribution in [0.3, 0.4) is 0 Å². The number of amides is 1. The van der Waals surface area contributed by atoms with E-state index in [0.717, 1.165) is 9.56 Å². The van der Waals surface area contributed by atoms with E-state index in [0.29, 0.717) is 11.4 Å². The van der Waals surface area contributed by atoms with Gasteiger partial charge in [0.2, 0.25) is 0 Å². The highest BCUT2D eigenvalue weighted by molar-refractivity contribution is 7.13. The van der Waals surface area contributed by atoms with Gasteiger partial charge in [-0.15, -0.1) is 11.3 Å². The monoisotopic (exact) mass is 357 g/mol. The molecule has 1 aromatic carbocycles. The van der Waals surface area contributed by atoms with E-state index in [4.69, 9.17) is 0 Å². The maximum Gasteiger partial charge on any atom is 0.267 e. The summed E-state index contributed by atoms with van der Waals surface area (Å²) in [5.74, 6) is -0.915. The van der Waals surface area contributed by atoms with E-state index in [2.05, 4.69) is 10.4 Å². The van der Waals surface area contributed by atoms with Crippen LogP contribution in [0.15, 0.2) is 58.7 Å². The second-order valence-corrected chi connectivity index (χ2v) is 6.92. The highest BCUT2D eigenvalue weighted by atomic mass is 32.1. The molecular formula is C18H16FN3O2S. The summed E-state index contributed by atoms with van der Waals surface area (Å²) < 4.78 is 14.4. The predicted octanol–water partition coefficient (Wildman–Crippen LogP) is 3.48. The number of carbonyl (C=O) groups excluding carboxylic acids is 1. The van der Waals surface area contributed by atoms with Gasteiger partial charge in [-0.3, -0.25) is 9.59 Å². The molecule has 5 nitrogen and oxygen atoms in total. The zero-order valence-corrected chi connectivity index (χ0v) is 14.5. The highest BCUT2D eigenvalue weighted by Crippen LogP contribution is 2.23. The first-order valence-electron chi connectivity index (χ1n) is 7.60. The summed E-state index contributed by atoms with van der Waals surface area (Å²) in [6.45, 7) is 3.18. The van der Waals surface area contributed by atoms with Crippen LogP contribution >= 0.6 is 11.3 Å². The van der Waals surface area contributed by atoms with Gasteiger partial charge in [0.25, 0.3) is 11.5 Å². The molecule has 3 aromatic rings. The Balaban J connectivity index is 1.94. The average Bonchev–Trinajstić information content (AvgIpc) is 3.09. The van der Waals surface area contributed by atoms with Crippen LogP contribution in [-0.4, -0.2) is 15.7 Å². The van der Waals surface area contributed by atoms with Gasteiger partial charge in [-0.1, -0.05) is 12.1 Å². The van der Waals surface area contributed by atoms with E-state index in [9.17, 15) is 14.0 Å². The summed E-state index contributed by atoms with van der Waals surface area (Å²) in [5.41, 5.74) is -0.710. The SMILES string of the molecule is CC(C)(C(=O)Nc1cccc(F)c1)n1nc(-c2cccs2)ccc1=O. The third-order valence-electron chi connectivity index (χ3n) is 3.74. The molecule has 0 spiro atoms. The molecule has 0 saturated heterocycles. The minimum absolute atomic E-state index is 0.320. The maximum absolute atomic E-state index is 13.3. The Morgan fingerprint density at radius 3 is 2.68 bits per heavy atom. The highest BCUT2D eigenvalue weighted by Gasteiger charge is 2.32. The molecule has 7 heteroatoms. The van der Waals surface area contributed by atoms with Gasteiger partial charge in [-0.2, -0.15) is 5.10 Å². The van der Waals surface area contributed by atoms with Gasteiger partial charge in [0.15, 0.2) is 0 Å². The van der Waals surface area contributed by atoms with E-state index in [-0.39, 0.29) is 5.56 Å². The fraction of sp³-hybridized carbons (Fsp3) is 0.167. The van der Waals surface area contributed by atoms with Crippen molar-refractivity contribution < 1.29 is 9.18 Å². The summed E-state index contributed by atoms with van der Waals surface area (Å²) in [7, 11) is 0. The van der Waals surface area contributed by atoms with Gasteiger partial charge in [0, 0.05) is 11.8 Å². The molecule has 0 unspecified atom stereocenters. The first-order valence-corrected chi connectivity index (χ1v) is 8.47. The summed E-state index contributed by atoms with van der Waals surface area (Å²) >= 11 is 1.49. The Hall–Kier alpha value is -2.80. The molecule has 2 aromatic heterocycles. The Bertz CT molecular complexity index is 964. The lowest BCUT2D eigenvalue weighted by atomic mass is 10.0. The molecule has 1 amide bonds. The predicted molar refractivity (Wildman–Crippen MR) is 96.2 cm³/mol. The zero-order valence-electron chi connectivity index (χ0n) is 13.7. The zero-order chi connectivity index (χ0) is 18.0. The van der Waals surface area contributed by atoms with E-state index >= 15 is 0 Å². The second kappa shape index (κ2) is 6.60. The van der Waals surface area contributed by atoms with Crippen LogP contribution in [0.4, 0.5) is 10.1 Å². The van der Waals surface area contributed by atoms with Crippen LogP contribution in [0, 0.1) is 5.82 Å². The molecule has 3 rings (SSSR count). The normalized spacial score (nSPS) is 11.3. The Morgan fingerprint density at radius 1 is 1.20 bits per heavy atom. The molecule has 0 radical (unpaired) electrons. The summed E-state index contributed by atoms with van der Waals surface area (Å²) in [6, 6.07) is 12.4. The first kappa shape index (κ1) is 17.0. The van der Waals surface area contributed by atoms with Crippen molar-refractivity contribution in [2.45, 2.75) is 19.4 Å². The van der Waals surface area contributed by atoms with Crippen LogP contribution in [0.5, 0.6) is 0 Å². The molecular weight excluding hydrogens is 341 g/mol. The first-order chi connectivity index (χ1) is 11.9. The van der Waals surface area contributed by atoms with Crippen molar-refractivity contribution in [1.29, 1.82) is 0 Å². The molecule has 0 fully saturated rings. The van der Waals surface area contributed by atoms with Crippen molar-refractivity contribution in [2.24, 2.45) is 0 Å². The Morgan fingerprint density at radius 2 is 2.00 bits per heavy atom. The average molecular weight is 357 g/mol. The van der Waals surface area contributed by atoms with Crippen molar-refractivity contribution in [1.82, 2.24) is 9.78 Å². The molecule has 0 aliphatic heterocycles. The number of nitrogens with one attached hydrogen (secondary N) is 1. The number of hydrogen-bond acceptors (Lipinski definition) is 4. The third-order valence-corrected chi connectivity index (χ3v) is 4.63. The molecule has 25 heavy (non-hydrogen) atoms. The van der Waals surface area contributed by atoms with Crippen LogP contribution in [-0.2, 0) is 10.3 Å². The minimum Gasteiger partial charge on any atom is -0.324 e. The molecule has 1 N–H and O–H groups in total. The van der Waals surface area contributed by atoms with E-state index < -0.39 is 17.3 Å². The number of nitrogens with zero attached hydrogens (tertiary/aromatic N) is 2. The third kappa shape index (κ3) is 3.51. The van der Waals surface area contributed by atoms with Crippen molar-refractivity contribution in [3.05, 3.63) is 70.1 Å². The lowest BCUT2D eigenvalue weighted by molar-refractivity contribution is -0.123. The summed E-state index contributed by atoms with van der Waals surface area (Å²) in [6.07, 6.45) is 0. The summed E-state index contributed by atoms with van der Waals surface area (Å²) in [5, 5.41) is 8.88. The lowest BCUT2D eigenvalue weighted by Crippen LogP contribution is -2.47. The van der Waals surface area contributed by atoms with Gasteiger partial charge in [-0.05, 0) is 49.6 Å². The number of benzene rings is 1. The molecule has 0 aliphatic rings. The number of halogens is 1. The second-order valence-electron chi connectivity index (χ2n) is 5.97. The fourth-order valence-corrected chi connectivity index (χ4v) is 3.00. The van der Waals surface area contributed by atoms with E-state index in [1.807, 2.05) is 17.5 Å². The largest absolute Gasteiger partial charge is 0.324 e. The Kier molecular flexibility index (Phi) is 4.50. The number of carbonyl (C=O) groups is 1. The molecule has 0 atom stereocenters. The van der Waals surface area contributed by atoms with Crippen molar-refractivity contribution in [3.8, 4) is 10.6 Å². The maximum atomic E-state index is 13.3. The van der Waals surface area contributed by atoms with Gasteiger partial charge >= 0.3 is 0 Å². The molecule has 0 bridgehead atoms. The van der Waals surface area contributed by atoms with Crippen molar-refractivity contribution in [2.75, 3.05) is 5.32 Å². The minimum atomic E-state index is -1.25. The number of anilines is 1. The van der Waals surface area contributed by atoms with Gasteiger partial charge < -0.3 is 5.32 Å². The van der Waals surface area contributed by atoms with Gasteiger partial charge in [-0.25, -0.2) is 9.07 Å².